The molecule has 3 aliphatic rings. The van der Waals surface area contributed by atoms with Crippen molar-refractivity contribution in [3.8, 4) is 0 Å². The molecule has 0 radical (unpaired) electrons. The number of nitrogens with zero attached hydrogens (tertiary/aromatic N) is 1. The van der Waals surface area contributed by atoms with Crippen LogP contribution in [-0.2, 0) is 16.1 Å². The Bertz CT molecular complexity index is 770. The number of carbonyl (C=O) groups is 2. The van der Waals surface area contributed by atoms with Crippen LogP contribution in [0.25, 0.3) is 0 Å². The topological polar surface area (TPSA) is 46.3 Å². The molecule has 3 fully saturated rings. The van der Waals surface area contributed by atoms with Crippen molar-refractivity contribution in [2.24, 2.45) is 16.7 Å². The second-order valence-electron chi connectivity index (χ2n) is 10.6. The molecule has 30 heavy (non-hydrogen) atoms. The molecular weight excluding hydrogens is 374 g/mol. The number of piperidine rings is 1. The van der Waals surface area contributed by atoms with Crippen LogP contribution in [0.1, 0.15) is 52.0 Å². The highest BCUT2D eigenvalue weighted by Crippen LogP contribution is 2.60. The lowest BCUT2D eigenvalue weighted by molar-refractivity contribution is -1.02. The van der Waals surface area contributed by atoms with E-state index in [2.05, 4.69) is 51.1 Å². The molecule has 2 amide bonds. The average Bonchev–Trinajstić information content (AvgIpc) is 2.93. The fourth-order valence-electron chi connectivity index (χ4n) is 6.03. The maximum absolute atomic E-state index is 13.1. The molecule has 2 heterocycles. The van der Waals surface area contributed by atoms with Crippen LogP contribution < -0.4 is 9.80 Å². The molecule has 0 aromatic heterocycles. The molecule has 5 nitrogen and oxygen atoms in total. The van der Waals surface area contributed by atoms with E-state index in [9.17, 15) is 9.59 Å². The number of piperazine rings is 1. The zero-order chi connectivity index (χ0) is 21.4. The molecule has 1 aromatic carbocycles. The molecule has 2 atom stereocenters. The van der Waals surface area contributed by atoms with Crippen molar-refractivity contribution in [3.05, 3.63) is 35.9 Å². The van der Waals surface area contributed by atoms with Crippen molar-refractivity contribution in [1.29, 1.82) is 0 Å². The van der Waals surface area contributed by atoms with Crippen LogP contribution in [0.2, 0.25) is 0 Å². The summed E-state index contributed by atoms with van der Waals surface area (Å²) in [5, 5.41) is 0. The lowest BCUT2D eigenvalue weighted by Gasteiger charge is -2.47. The predicted octanol–water partition coefficient (Wildman–Crippen LogP) is 0.562. The van der Waals surface area contributed by atoms with E-state index in [1.807, 2.05) is 0 Å². The minimum Gasteiger partial charge on any atom is -0.326 e. The SMILES string of the molecule is CC1(C)[C@H]2CC[C@@]1(C)C(=O)N(CCCC[NH+]1CC[NH+](Cc3ccccc3)CC1)C2=O. The van der Waals surface area contributed by atoms with Gasteiger partial charge in [0.15, 0.2) is 0 Å². The van der Waals surface area contributed by atoms with Crippen LogP contribution in [0.5, 0.6) is 0 Å². The minimum absolute atomic E-state index is 0.0199. The highest BCUT2D eigenvalue weighted by Gasteiger charge is 2.64. The summed E-state index contributed by atoms with van der Waals surface area (Å²) in [6, 6.07) is 10.8. The summed E-state index contributed by atoms with van der Waals surface area (Å²) < 4.78 is 0. The van der Waals surface area contributed by atoms with Gasteiger partial charge in [0.05, 0.1) is 12.0 Å². The summed E-state index contributed by atoms with van der Waals surface area (Å²) in [6.45, 7) is 14.1. The van der Waals surface area contributed by atoms with Gasteiger partial charge in [0.1, 0.15) is 32.7 Å². The van der Waals surface area contributed by atoms with E-state index < -0.39 is 0 Å². The molecule has 1 aromatic rings. The number of rotatable bonds is 7. The van der Waals surface area contributed by atoms with Crippen molar-refractivity contribution < 1.29 is 19.4 Å². The number of fused-ring (bicyclic) bond motifs is 2. The monoisotopic (exact) mass is 413 g/mol. The van der Waals surface area contributed by atoms with Gasteiger partial charge in [-0.15, -0.1) is 0 Å². The number of unbranched alkanes of at least 4 members (excludes halogenated alkanes) is 1. The molecule has 2 bridgehead atoms. The van der Waals surface area contributed by atoms with Gasteiger partial charge in [-0.1, -0.05) is 51.1 Å². The van der Waals surface area contributed by atoms with Gasteiger partial charge in [-0.05, 0) is 31.1 Å². The quantitative estimate of drug-likeness (QED) is 0.507. The fourth-order valence-corrected chi connectivity index (χ4v) is 6.03. The van der Waals surface area contributed by atoms with Crippen LogP contribution in [-0.4, -0.2) is 56.0 Å². The Kier molecular flexibility index (Phi) is 6.04. The number of imide groups is 1. The Labute approximate surface area is 181 Å². The van der Waals surface area contributed by atoms with Crippen molar-refractivity contribution in [2.75, 3.05) is 39.3 Å². The van der Waals surface area contributed by atoms with Gasteiger partial charge in [-0.2, -0.15) is 0 Å². The Morgan fingerprint density at radius 3 is 2.33 bits per heavy atom. The van der Waals surface area contributed by atoms with Crippen LogP contribution in [0.3, 0.4) is 0 Å². The first-order valence-corrected chi connectivity index (χ1v) is 11.9. The van der Waals surface area contributed by atoms with Crippen molar-refractivity contribution in [2.45, 2.75) is 53.0 Å². The number of nitrogens with one attached hydrogen (secondary N) is 2. The third-order valence-electron chi connectivity index (χ3n) is 8.63. The minimum atomic E-state index is -0.366. The van der Waals surface area contributed by atoms with Crippen molar-refractivity contribution in [1.82, 2.24) is 4.90 Å². The Morgan fingerprint density at radius 2 is 1.63 bits per heavy atom. The Morgan fingerprint density at radius 1 is 0.967 bits per heavy atom. The van der Waals surface area contributed by atoms with Crippen LogP contribution in [0, 0.1) is 16.7 Å². The first-order chi connectivity index (χ1) is 14.3. The molecule has 2 aliphatic heterocycles. The summed E-state index contributed by atoms with van der Waals surface area (Å²) in [4.78, 5) is 31.0. The molecule has 2 saturated heterocycles. The third kappa shape index (κ3) is 3.82. The Hall–Kier alpha value is -1.72. The number of hydrogen-bond donors (Lipinski definition) is 2. The van der Waals surface area contributed by atoms with Crippen LogP contribution in [0.15, 0.2) is 30.3 Å². The van der Waals surface area contributed by atoms with Crippen molar-refractivity contribution in [3.63, 3.8) is 0 Å². The lowest BCUT2D eigenvalue weighted by atomic mass is 9.62. The zero-order valence-electron chi connectivity index (χ0n) is 19.0. The molecule has 1 saturated carbocycles. The molecule has 0 spiro atoms. The van der Waals surface area contributed by atoms with Gasteiger partial charge in [0.25, 0.3) is 0 Å². The predicted molar refractivity (Wildman–Crippen MR) is 117 cm³/mol. The highest BCUT2D eigenvalue weighted by molar-refractivity contribution is 6.03. The van der Waals surface area contributed by atoms with Gasteiger partial charge in [-0.25, -0.2) is 0 Å². The summed E-state index contributed by atoms with van der Waals surface area (Å²) in [5.74, 6) is 0.189. The van der Waals surface area contributed by atoms with Gasteiger partial charge < -0.3 is 9.80 Å². The molecular formula is C25H39N3O2+2. The maximum Gasteiger partial charge on any atom is 0.235 e. The number of benzene rings is 1. The number of carbonyl (C=O) groups excluding carboxylic acids is 2. The van der Waals surface area contributed by atoms with Crippen LogP contribution >= 0.6 is 0 Å². The third-order valence-corrected chi connectivity index (χ3v) is 8.63. The highest BCUT2D eigenvalue weighted by atomic mass is 16.2. The first-order valence-electron chi connectivity index (χ1n) is 11.9. The molecule has 164 valence electrons. The normalized spacial score (nSPS) is 33.2. The molecule has 1 aliphatic carbocycles. The van der Waals surface area contributed by atoms with Gasteiger partial charge in [0.2, 0.25) is 11.8 Å². The van der Waals surface area contributed by atoms with E-state index in [0.29, 0.717) is 6.54 Å². The first kappa shape index (κ1) is 21.5. The van der Waals surface area contributed by atoms with Gasteiger partial charge in [-0.3, -0.25) is 14.5 Å². The summed E-state index contributed by atoms with van der Waals surface area (Å²) in [7, 11) is 0. The lowest BCUT2D eigenvalue weighted by Crippen LogP contribution is -3.27. The number of quaternary nitrogens is 2. The largest absolute Gasteiger partial charge is 0.326 e. The van der Waals surface area contributed by atoms with E-state index in [4.69, 9.17) is 0 Å². The molecule has 4 rings (SSSR count). The van der Waals surface area contributed by atoms with Gasteiger partial charge in [0, 0.05) is 18.0 Å². The second-order valence-corrected chi connectivity index (χ2v) is 10.6. The van der Waals surface area contributed by atoms with Gasteiger partial charge >= 0.3 is 0 Å². The van der Waals surface area contributed by atoms with E-state index in [0.717, 1.165) is 38.8 Å². The maximum atomic E-state index is 13.1. The Balaban J connectivity index is 1.19. The average molecular weight is 414 g/mol. The smallest absolute Gasteiger partial charge is 0.235 e. The molecule has 2 N–H and O–H groups in total. The zero-order valence-corrected chi connectivity index (χ0v) is 19.0. The molecule has 0 unspecified atom stereocenters. The standard InChI is InChI=1S/C25H37N3O2/c1-24(2)21-11-12-25(24,3)23(30)28(22(21)29)14-8-7-13-26-15-17-27(18-16-26)19-20-9-5-4-6-10-20/h4-6,9-10,21H,7-8,11-19H2,1-3H3/p+2/t21-,25-/m0/s1. The van der Waals surface area contributed by atoms with Crippen LogP contribution in [0.4, 0.5) is 0 Å². The number of amides is 2. The van der Waals surface area contributed by atoms with E-state index in [1.165, 1.54) is 31.7 Å². The van der Waals surface area contributed by atoms with E-state index in [1.54, 1.807) is 14.7 Å². The summed E-state index contributed by atoms with van der Waals surface area (Å²) in [5.41, 5.74) is 0.857. The summed E-state index contributed by atoms with van der Waals surface area (Å²) in [6.07, 6.45) is 3.74. The van der Waals surface area contributed by atoms with E-state index >= 15 is 0 Å². The number of hydrogen-bond acceptors (Lipinski definition) is 2. The molecule has 5 heteroatoms. The van der Waals surface area contributed by atoms with Crippen molar-refractivity contribution >= 4 is 11.8 Å². The second kappa shape index (κ2) is 8.43. The summed E-state index contributed by atoms with van der Waals surface area (Å²) >= 11 is 0. The number of likely N-dealkylation sites (tertiary alicyclic amines) is 1. The van der Waals surface area contributed by atoms with E-state index in [-0.39, 0.29) is 28.6 Å². The fraction of sp³-hybridized carbons (Fsp3) is 0.680.